The lowest BCUT2D eigenvalue weighted by Crippen LogP contribution is -2.35. The van der Waals surface area contributed by atoms with Crippen LogP contribution in [0.5, 0.6) is 11.5 Å². The molecule has 0 spiro atoms. The van der Waals surface area contributed by atoms with E-state index in [1.165, 1.54) is 6.21 Å². The summed E-state index contributed by atoms with van der Waals surface area (Å²) in [6, 6.07) is 12.4. The molecule has 1 unspecified atom stereocenters. The molecule has 0 fully saturated rings. The molecule has 0 heterocycles. The highest BCUT2D eigenvalue weighted by atomic mass is 16.5. The molecule has 2 rings (SSSR count). The summed E-state index contributed by atoms with van der Waals surface area (Å²) in [5.41, 5.74) is 5.01. The van der Waals surface area contributed by atoms with Gasteiger partial charge in [-0.2, -0.15) is 10.4 Å². The van der Waals surface area contributed by atoms with Crippen molar-refractivity contribution in [3.63, 3.8) is 0 Å². The van der Waals surface area contributed by atoms with E-state index in [0.717, 1.165) is 11.1 Å². The molecule has 2 aromatic rings. The number of hydrogen-bond acceptors (Lipinski definition) is 5. The van der Waals surface area contributed by atoms with Gasteiger partial charge in [-0.25, -0.2) is 5.43 Å². The van der Waals surface area contributed by atoms with Crippen molar-refractivity contribution < 1.29 is 14.6 Å². The molecule has 6 nitrogen and oxygen atoms in total. The van der Waals surface area contributed by atoms with Crippen molar-refractivity contribution in [1.82, 2.24) is 5.43 Å². The maximum Gasteiger partial charge on any atom is 0.281 e. The molecule has 2 N–H and O–H groups in total. The SMILES string of the molecule is CCC(Oc1cc(C)cc(C#N)c1)C(=O)NN=Cc1cccc(C)c1O. The van der Waals surface area contributed by atoms with Crippen LogP contribution in [0.4, 0.5) is 0 Å². The smallest absolute Gasteiger partial charge is 0.281 e. The van der Waals surface area contributed by atoms with Gasteiger partial charge >= 0.3 is 0 Å². The Hall–Kier alpha value is -3.33. The van der Waals surface area contributed by atoms with Crippen molar-refractivity contribution in [2.24, 2.45) is 5.10 Å². The summed E-state index contributed by atoms with van der Waals surface area (Å²) in [6.07, 6.45) is 1.08. The van der Waals surface area contributed by atoms with Crippen LogP contribution in [0.1, 0.15) is 35.6 Å². The number of rotatable bonds is 6. The standard InChI is InChI=1S/C20H21N3O3/c1-4-18(26-17-9-13(2)8-15(10-17)11-21)20(25)23-22-12-16-7-5-6-14(3)19(16)24/h5-10,12,18,24H,4H2,1-3H3,(H,23,25). The van der Waals surface area contributed by atoms with Crippen LogP contribution in [0.25, 0.3) is 0 Å². The quantitative estimate of drug-likeness (QED) is 0.617. The van der Waals surface area contributed by atoms with Crippen LogP contribution in [-0.4, -0.2) is 23.3 Å². The van der Waals surface area contributed by atoms with E-state index in [1.807, 2.05) is 13.8 Å². The summed E-state index contributed by atoms with van der Waals surface area (Å²) in [7, 11) is 0. The number of hydrogen-bond donors (Lipinski definition) is 2. The average molecular weight is 351 g/mol. The van der Waals surface area contributed by atoms with Gasteiger partial charge in [-0.05, 0) is 55.7 Å². The molecule has 0 radical (unpaired) electrons. The van der Waals surface area contributed by atoms with Gasteiger partial charge in [0.2, 0.25) is 0 Å². The second-order valence-corrected chi connectivity index (χ2v) is 5.91. The van der Waals surface area contributed by atoms with Crippen molar-refractivity contribution in [3.8, 4) is 17.6 Å². The molecule has 0 bridgehead atoms. The van der Waals surface area contributed by atoms with Crippen LogP contribution < -0.4 is 10.2 Å². The number of para-hydroxylation sites is 1. The zero-order valence-corrected chi connectivity index (χ0v) is 15.0. The Morgan fingerprint density at radius 1 is 1.38 bits per heavy atom. The number of phenolic OH excluding ortho intramolecular Hbond substituents is 1. The zero-order chi connectivity index (χ0) is 19.1. The van der Waals surface area contributed by atoms with E-state index in [2.05, 4.69) is 16.6 Å². The van der Waals surface area contributed by atoms with E-state index in [-0.39, 0.29) is 5.75 Å². The van der Waals surface area contributed by atoms with Gasteiger partial charge in [0.25, 0.3) is 5.91 Å². The summed E-state index contributed by atoms with van der Waals surface area (Å²) < 4.78 is 5.71. The normalized spacial score (nSPS) is 11.8. The Balaban J connectivity index is 2.05. The Kier molecular flexibility index (Phi) is 6.34. The number of aromatic hydroxyl groups is 1. The first kappa shape index (κ1) is 19.0. The highest BCUT2D eigenvalue weighted by Crippen LogP contribution is 2.20. The average Bonchev–Trinajstić information content (AvgIpc) is 2.62. The first-order valence-electron chi connectivity index (χ1n) is 8.24. The number of amides is 1. The molecule has 134 valence electrons. The van der Waals surface area contributed by atoms with Crippen molar-refractivity contribution in [3.05, 3.63) is 58.7 Å². The third kappa shape index (κ3) is 4.84. The molecule has 0 aliphatic rings. The fourth-order valence-electron chi connectivity index (χ4n) is 2.39. The minimum absolute atomic E-state index is 0.123. The Bertz CT molecular complexity index is 869. The molecule has 0 saturated heterocycles. The second-order valence-electron chi connectivity index (χ2n) is 5.91. The van der Waals surface area contributed by atoms with Crippen molar-refractivity contribution in [1.29, 1.82) is 5.26 Å². The predicted molar refractivity (Wildman–Crippen MR) is 99.2 cm³/mol. The van der Waals surface area contributed by atoms with Crippen LogP contribution >= 0.6 is 0 Å². The van der Waals surface area contributed by atoms with Crippen LogP contribution in [-0.2, 0) is 4.79 Å². The summed E-state index contributed by atoms with van der Waals surface area (Å²) in [5.74, 6) is 0.178. The van der Waals surface area contributed by atoms with Gasteiger partial charge in [0.15, 0.2) is 6.10 Å². The van der Waals surface area contributed by atoms with Gasteiger partial charge in [0, 0.05) is 5.56 Å². The fraction of sp³-hybridized carbons (Fsp3) is 0.250. The fourth-order valence-corrected chi connectivity index (χ4v) is 2.39. The number of carbonyl (C=O) groups is 1. The van der Waals surface area contributed by atoms with Crippen LogP contribution in [0.15, 0.2) is 41.5 Å². The third-order valence-corrected chi connectivity index (χ3v) is 3.77. The van der Waals surface area contributed by atoms with Crippen LogP contribution in [0, 0.1) is 25.2 Å². The summed E-state index contributed by atoms with van der Waals surface area (Å²) >= 11 is 0. The number of phenols is 1. The molecular weight excluding hydrogens is 330 g/mol. The van der Waals surface area contributed by atoms with Gasteiger partial charge in [-0.15, -0.1) is 0 Å². The van der Waals surface area contributed by atoms with E-state index in [9.17, 15) is 9.90 Å². The van der Waals surface area contributed by atoms with E-state index >= 15 is 0 Å². The van der Waals surface area contributed by atoms with Gasteiger partial charge in [-0.3, -0.25) is 4.79 Å². The topological polar surface area (TPSA) is 94.7 Å². The number of benzene rings is 2. The molecule has 6 heteroatoms. The maximum atomic E-state index is 12.3. The van der Waals surface area contributed by atoms with E-state index in [1.54, 1.807) is 43.3 Å². The van der Waals surface area contributed by atoms with Crippen molar-refractivity contribution in [2.45, 2.75) is 33.3 Å². The number of nitrogens with one attached hydrogen (secondary N) is 1. The van der Waals surface area contributed by atoms with Crippen molar-refractivity contribution in [2.75, 3.05) is 0 Å². The zero-order valence-electron chi connectivity index (χ0n) is 15.0. The van der Waals surface area contributed by atoms with E-state index < -0.39 is 12.0 Å². The Morgan fingerprint density at radius 2 is 2.15 bits per heavy atom. The predicted octanol–water partition coefficient (Wildman–Crippen LogP) is 3.19. The molecule has 2 aromatic carbocycles. The minimum atomic E-state index is -0.744. The molecule has 1 atom stereocenters. The summed E-state index contributed by atoms with van der Waals surface area (Å²) in [4.78, 5) is 12.3. The largest absolute Gasteiger partial charge is 0.507 e. The molecule has 1 amide bonds. The van der Waals surface area contributed by atoms with Gasteiger partial charge in [-0.1, -0.05) is 19.1 Å². The number of nitriles is 1. The third-order valence-electron chi connectivity index (χ3n) is 3.77. The lowest BCUT2D eigenvalue weighted by molar-refractivity contribution is -0.128. The van der Waals surface area contributed by atoms with Gasteiger partial charge in [0.05, 0.1) is 17.8 Å². The first-order valence-corrected chi connectivity index (χ1v) is 8.24. The number of aryl methyl sites for hydroxylation is 2. The molecule has 0 aliphatic heterocycles. The van der Waals surface area contributed by atoms with Gasteiger partial charge in [0.1, 0.15) is 11.5 Å². The number of hydrazone groups is 1. The molecular formula is C20H21N3O3. The highest BCUT2D eigenvalue weighted by molar-refractivity contribution is 5.86. The lowest BCUT2D eigenvalue weighted by Gasteiger charge is -2.16. The van der Waals surface area contributed by atoms with Crippen LogP contribution in [0.3, 0.4) is 0 Å². The molecule has 0 aromatic heterocycles. The van der Waals surface area contributed by atoms with E-state index in [4.69, 9.17) is 10.00 Å². The lowest BCUT2D eigenvalue weighted by atomic mass is 10.1. The number of nitrogens with zero attached hydrogens (tertiary/aromatic N) is 2. The van der Waals surface area contributed by atoms with E-state index in [0.29, 0.717) is 23.3 Å². The summed E-state index contributed by atoms with van der Waals surface area (Å²) in [6.45, 7) is 5.46. The van der Waals surface area contributed by atoms with Gasteiger partial charge < -0.3 is 9.84 Å². The first-order chi connectivity index (χ1) is 12.4. The molecule has 0 saturated carbocycles. The van der Waals surface area contributed by atoms with Crippen molar-refractivity contribution >= 4 is 12.1 Å². The Morgan fingerprint density at radius 3 is 2.85 bits per heavy atom. The number of carbonyl (C=O) groups excluding carboxylic acids is 1. The molecule has 26 heavy (non-hydrogen) atoms. The molecule has 0 aliphatic carbocycles. The highest BCUT2D eigenvalue weighted by Gasteiger charge is 2.18. The second kappa shape index (κ2) is 8.67. The van der Waals surface area contributed by atoms with Crippen LogP contribution in [0.2, 0.25) is 0 Å². The maximum absolute atomic E-state index is 12.3. The monoisotopic (exact) mass is 351 g/mol. The number of ether oxygens (including phenoxy) is 1. The Labute approximate surface area is 152 Å². The minimum Gasteiger partial charge on any atom is -0.507 e. The summed E-state index contributed by atoms with van der Waals surface area (Å²) in [5, 5.41) is 22.9.